The van der Waals surface area contributed by atoms with Gasteiger partial charge in [0.2, 0.25) is 0 Å². The molecule has 1 fully saturated rings. The van der Waals surface area contributed by atoms with Crippen molar-refractivity contribution < 1.29 is 9.18 Å². The van der Waals surface area contributed by atoms with Crippen molar-refractivity contribution in [2.24, 2.45) is 0 Å². The lowest BCUT2D eigenvalue weighted by molar-refractivity contribution is 0.103. The highest BCUT2D eigenvalue weighted by atomic mass is 32.1. The zero-order chi connectivity index (χ0) is 17.4. The maximum atomic E-state index is 14.4. The summed E-state index contributed by atoms with van der Waals surface area (Å²) in [5.74, 6) is -0.472. The van der Waals surface area contributed by atoms with Crippen molar-refractivity contribution in [3.05, 3.63) is 58.7 Å². The smallest absolute Gasteiger partial charge is 0.266 e. The summed E-state index contributed by atoms with van der Waals surface area (Å²) in [6, 6.07) is 12.9. The summed E-state index contributed by atoms with van der Waals surface area (Å²) in [6.45, 7) is 3.73. The minimum Gasteiger partial charge on any atom is -0.369 e. The number of aryl methyl sites for hydroxylation is 1. The standard InChI is InChI=1S/C20H19FN2OS/c1-13-15-6-2-3-7-18(15)25-19(13)20(24)22-14-8-9-17(16(21)12-14)23-10-4-5-11-23/h2-3,6-9,12H,4-5,10-11H2,1H3,(H,22,24). The molecular formula is C20H19FN2OS. The van der Waals surface area contributed by atoms with Crippen LogP contribution in [-0.4, -0.2) is 19.0 Å². The third-order valence-electron chi connectivity index (χ3n) is 4.70. The van der Waals surface area contributed by atoms with Crippen LogP contribution in [0, 0.1) is 12.7 Å². The fraction of sp³-hybridized carbons (Fsp3) is 0.250. The third kappa shape index (κ3) is 3.00. The van der Waals surface area contributed by atoms with Crippen molar-refractivity contribution in [1.82, 2.24) is 0 Å². The molecule has 0 radical (unpaired) electrons. The maximum Gasteiger partial charge on any atom is 0.266 e. The summed E-state index contributed by atoms with van der Waals surface area (Å²) in [7, 11) is 0. The number of carbonyl (C=O) groups is 1. The van der Waals surface area contributed by atoms with Gasteiger partial charge in [0.25, 0.3) is 5.91 Å². The fourth-order valence-corrected chi connectivity index (χ4v) is 4.48. The number of amides is 1. The number of anilines is 2. The van der Waals surface area contributed by atoms with E-state index in [1.54, 1.807) is 12.1 Å². The summed E-state index contributed by atoms with van der Waals surface area (Å²) in [6.07, 6.45) is 2.20. The van der Waals surface area contributed by atoms with E-state index in [0.717, 1.165) is 41.6 Å². The van der Waals surface area contributed by atoms with Crippen LogP contribution >= 0.6 is 11.3 Å². The van der Waals surface area contributed by atoms with Gasteiger partial charge in [-0.1, -0.05) is 18.2 Å². The van der Waals surface area contributed by atoms with E-state index in [1.165, 1.54) is 17.4 Å². The van der Waals surface area contributed by atoms with Crippen LogP contribution in [0.15, 0.2) is 42.5 Å². The van der Waals surface area contributed by atoms with Gasteiger partial charge in [-0.05, 0) is 55.0 Å². The topological polar surface area (TPSA) is 32.3 Å². The number of hydrogen-bond donors (Lipinski definition) is 1. The molecule has 2 aromatic carbocycles. The van der Waals surface area contributed by atoms with Gasteiger partial charge in [-0.3, -0.25) is 4.79 Å². The Morgan fingerprint density at radius 2 is 1.92 bits per heavy atom. The van der Waals surface area contributed by atoms with Crippen molar-refractivity contribution >= 4 is 38.7 Å². The molecule has 1 N–H and O–H groups in total. The first-order valence-corrected chi connectivity index (χ1v) is 9.29. The Hall–Kier alpha value is -2.40. The molecule has 0 spiro atoms. The maximum absolute atomic E-state index is 14.4. The lowest BCUT2D eigenvalue weighted by Gasteiger charge is -2.18. The van der Waals surface area contributed by atoms with E-state index in [9.17, 15) is 9.18 Å². The molecule has 0 unspecified atom stereocenters. The monoisotopic (exact) mass is 354 g/mol. The summed E-state index contributed by atoms with van der Waals surface area (Å²) >= 11 is 1.46. The first-order chi connectivity index (χ1) is 12.1. The Kier molecular flexibility index (Phi) is 4.17. The van der Waals surface area contributed by atoms with E-state index < -0.39 is 0 Å². The molecule has 4 rings (SSSR count). The van der Waals surface area contributed by atoms with Gasteiger partial charge in [0.1, 0.15) is 5.82 Å². The second-order valence-corrected chi connectivity index (χ2v) is 7.42. The van der Waals surface area contributed by atoms with Gasteiger partial charge >= 0.3 is 0 Å². The molecule has 1 amide bonds. The van der Waals surface area contributed by atoms with Crippen LogP contribution in [0.4, 0.5) is 15.8 Å². The zero-order valence-electron chi connectivity index (χ0n) is 14.0. The van der Waals surface area contributed by atoms with Gasteiger partial charge in [0.05, 0.1) is 10.6 Å². The van der Waals surface area contributed by atoms with Crippen LogP contribution < -0.4 is 10.2 Å². The Morgan fingerprint density at radius 1 is 1.16 bits per heavy atom. The van der Waals surface area contributed by atoms with Crippen molar-refractivity contribution in [3.63, 3.8) is 0 Å². The Labute approximate surface area is 150 Å². The number of halogens is 1. The highest BCUT2D eigenvalue weighted by Gasteiger charge is 2.18. The summed E-state index contributed by atoms with van der Waals surface area (Å²) in [5.41, 5.74) is 2.07. The second-order valence-electron chi connectivity index (χ2n) is 6.37. The molecule has 2 heterocycles. The minimum atomic E-state index is -0.284. The Balaban J connectivity index is 1.57. The zero-order valence-corrected chi connectivity index (χ0v) is 14.8. The average Bonchev–Trinajstić information content (AvgIpc) is 3.24. The van der Waals surface area contributed by atoms with E-state index in [0.29, 0.717) is 16.3 Å². The molecule has 3 nitrogen and oxygen atoms in total. The highest BCUT2D eigenvalue weighted by Crippen LogP contribution is 2.31. The molecule has 0 bridgehead atoms. The van der Waals surface area contributed by atoms with Crippen LogP contribution in [0.25, 0.3) is 10.1 Å². The molecule has 1 saturated heterocycles. The largest absolute Gasteiger partial charge is 0.369 e. The highest BCUT2D eigenvalue weighted by molar-refractivity contribution is 7.21. The van der Waals surface area contributed by atoms with E-state index in [1.807, 2.05) is 31.2 Å². The number of benzene rings is 2. The Bertz CT molecular complexity index is 944. The van der Waals surface area contributed by atoms with Crippen molar-refractivity contribution in [2.75, 3.05) is 23.3 Å². The molecule has 0 aliphatic carbocycles. The first-order valence-electron chi connectivity index (χ1n) is 8.47. The number of hydrogen-bond acceptors (Lipinski definition) is 3. The molecule has 1 aromatic heterocycles. The van der Waals surface area contributed by atoms with E-state index in [-0.39, 0.29) is 11.7 Å². The number of thiophene rings is 1. The fourth-order valence-electron chi connectivity index (χ4n) is 3.38. The number of rotatable bonds is 3. The van der Waals surface area contributed by atoms with Gasteiger partial charge in [-0.2, -0.15) is 0 Å². The number of carbonyl (C=O) groups excluding carboxylic acids is 1. The van der Waals surface area contributed by atoms with Crippen LogP contribution in [0.3, 0.4) is 0 Å². The number of nitrogens with one attached hydrogen (secondary N) is 1. The van der Waals surface area contributed by atoms with Gasteiger partial charge < -0.3 is 10.2 Å². The van der Waals surface area contributed by atoms with Crippen LogP contribution in [0.1, 0.15) is 28.1 Å². The van der Waals surface area contributed by atoms with E-state index in [4.69, 9.17) is 0 Å². The molecule has 1 aliphatic heterocycles. The van der Waals surface area contributed by atoms with Crippen LogP contribution in [-0.2, 0) is 0 Å². The molecule has 0 atom stereocenters. The molecular weight excluding hydrogens is 335 g/mol. The van der Waals surface area contributed by atoms with Crippen LogP contribution in [0.5, 0.6) is 0 Å². The SMILES string of the molecule is Cc1c(C(=O)Nc2ccc(N3CCCC3)c(F)c2)sc2ccccc12. The lowest BCUT2D eigenvalue weighted by atomic mass is 10.1. The number of nitrogens with zero attached hydrogens (tertiary/aromatic N) is 1. The molecule has 1 aliphatic rings. The average molecular weight is 354 g/mol. The van der Waals surface area contributed by atoms with Gasteiger partial charge in [0.15, 0.2) is 0 Å². The quantitative estimate of drug-likeness (QED) is 0.701. The molecule has 5 heteroatoms. The van der Waals surface area contributed by atoms with Crippen molar-refractivity contribution in [2.45, 2.75) is 19.8 Å². The first kappa shape index (κ1) is 16.1. The molecule has 128 valence electrons. The normalized spacial score (nSPS) is 14.2. The van der Waals surface area contributed by atoms with Crippen LogP contribution in [0.2, 0.25) is 0 Å². The summed E-state index contributed by atoms with van der Waals surface area (Å²) in [5, 5.41) is 3.92. The van der Waals surface area contributed by atoms with Gasteiger partial charge in [-0.25, -0.2) is 4.39 Å². The Morgan fingerprint density at radius 3 is 2.64 bits per heavy atom. The van der Waals surface area contributed by atoms with E-state index >= 15 is 0 Å². The van der Waals surface area contributed by atoms with Gasteiger partial charge in [0, 0.05) is 23.5 Å². The molecule has 0 saturated carbocycles. The number of fused-ring (bicyclic) bond motifs is 1. The predicted octanol–water partition coefficient (Wildman–Crippen LogP) is 5.20. The summed E-state index contributed by atoms with van der Waals surface area (Å²) < 4.78 is 15.5. The predicted molar refractivity (Wildman–Crippen MR) is 102 cm³/mol. The third-order valence-corrected chi connectivity index (χ3v) is 5.97. The second kappa shape index (κ2) is 6.48. The van der Waals surface area contributed by atoms with Crippen molar-refractivity contribution in [3.8, 4) is 0 Å². The lowest BCUT2D eigenvalue weighted by Crippen LogP contribution is -2.19. The molecule has 25 heavy (non-hydrogen) atoms. The summed E-state index contributed by atoms with van der Waals surface area (Å²) in [4.78, 5) is 15.3. The minimum absolute atomic E-state index is 0.188. The van der Waals surface area contributed by atoms with E-state index in [2.05, 4.69) is 10.2 Å². The van der Waals surface area contributed by atoms with Crippen molar-refractivity contribution in [1.29, 1.82) is 0 Å². The molecule has 3 aromatic rings. The van der Waals surface area contributed by atoms with Gasteiger partial charge in [-0.15, -0.1) is 11.3 Å².